The molecule has 0 saturated carbocycles. The van der Waals surface area contributed by atoms with Crippen molar-refractivity contribution >= 4 is 11.7 Å². The van der Waals surface area contributed by atoms with E-state index in [9.17, 15) is 4.79 Å². The maximum atomic E-state index is 12.2. The highest BCUT2D eigenvalue weighted by Gasteiger charge is 2.09. The lowest BCUT2D eigenvalue weighted by molar-refractivity contribution is -0.116. The number of pyridine rings is 1. The molecule has 2 aromatic heterocycles. The van der Waals surface area contributed by atoms with E-state index in [1.807, 2.05) is 30.3 Å². The van der Waals surface area contributed by atoms with Gasteiger partial charge < -0.3 is 14.8 Å². The molecular formula is C19H20N4O3. The number of aromatic nitrogens is 3. The van der Waals surface area contributed by atoms with Crippen molar-refractivity contribution in [3.63, 3.8) is 0 Å². The molecule has 0 saturated heterocycles. The first-order chi connectivity index (χ1) is 12.7. The van der Waals surface area contributed by atoms with E-state index in [4.69, 9.17) is 9.47 Å². The van der Waals surface area contributed by atoms with Crippen LogP contribution in [0.4, 0.5) is 5.82 Å². The molecule has 0 unspecified atom stereocenters. The molecule has 7 heteroatoms. The Labute approximate surface area is 151 Å². The topological polar surface area (TPSA) is 89.1 Å². The van der Waals surface area contributed by atoms with Crippen molar-refractivity contribution in [2.24, 2.45) is 0 Å². The summed E-state index contributed by atoms with van der Waals surface area (Å²) < 4.78 is 10.5. The van der Waals surface area contributed by atoms with Gasteiger partial charge in [0.05, 0.1) is 19.9 Å². The average Bonchev–Trinajstić information content (AvgIpc) is 3.15. The largest absolute Gasteiger partial charge is 0.493 e. The van der Waals surface area contributed by atoms with Crippen LogP contribution in [0.3, 0.4) is 0 Å². The first-order valence-corrected chi connectivity index (χ1v) is 8.16. The van der Waals surface area contributed by atoms with Crippen LogP contribution in [-0.4, -0.2) is 35.3 Å². The molecule has 0 aliphatic carbocycles. The molecule has 26 heavy (non-hydrogen) atoms. The molecule has 3 rings (SSSR count). The van der Waals surface area contributed by atoms with Crippen molar-refractivity contribution in [3.8, 4) is 22.8 Å². The predicted octanol–water partition coefficient (Wildman–Crippen LogP) is 3.06. The quantitative estimate of drug-likeness (QED) is 0.682. The Kier molecular flexibility index (Phi) is 5.48. The predicted molar refractivity (Wildman–Crippen MR) is 98.3 cm³/mol. The molecule has 0 aliphatic heterocycles. The van der Waals surface area contributed by atoms with Crippen LogP contribution in [0.1, 0.15) is 12.0 Å². The fourth-order valence-corrected chi connectivity index (χ4v) is 2.56. The van der Waals surface area contributed by atoms with Gasteiger partial charge >= 0.3 is 0 Å². The van der Waals surface area contributed by atoms with Gasteiger partial charge in [0.15, 0.2) is 17.3 Å². The Morgan fingerprint density at radius 2 is 1.85 bits per heavy atom. The second-order valence-electron chi connectivity index (χ2n) is 5.64. The molecule has 3 aromatic rings. The summed E-state index contributed by atoms with van der Waals surface area (Å²) in [5.74, 6) is 1.71. The highest BCUT2D eigenvalue weighted by Crippen LogP contribution is 2.28. The molecule has 0 radical (unpaired) electrons. The molecule has 134 valence electrons. The van der Waals surface area contributed by atoms with Gasteiger partial charge in [-0.15, -0.1) is 0 Å². The van der Waals surface area contributed by atoms with Gasteiger partial charge in [-0.3, -0.25) is 14.9 Å². The zero-order valence-corrected chi connectivity index (χ0v) is 14.7. The number of rotatable bonds is 7. The number of carbonyl (C=O) groups is 1. The van der Waals surface area contributed by atoms with Gasteiger partial charge in [-0.1, -0.05) is 6.07 Å². The van der Waals surface area contributed by atoms with Crippen LogP contribution in [0.15, 0.2) is 48.8 Å². The number of benzene rings is 1. The number of anilines is 1. The van der Waals surface area contributed by atoms with E-state index in [2.05, 4.69) is 20.5 Å². The van der Waals surface area contributed by atoms with Gasteiger partial charge in [0.25, 0.3) is 0 Å². The molecule has 0 bridgehead atoms. The van der Waals surface area contributed by atoms with Gasteiger partial charge in [-0.05, 0) is 36.2 Å². The number of amides is 1. The summed E-state index contributed by atoms with van der Waals surface area (Å²) in [5.41, 5.74) is 2.78. The Bertz CT molecular complexity index is 878. The van der Waals surface area contributed by atoms with E-state index >= 15 is 0 Å². The van der Waals surface area contributed by atoms with E-state index in [-0.39, 0.29) is 5.91 Å². The van der Waals surface area contributed by atoms with Gasteiger partial charge in [-0.2, -0.15) is 5.10 Å². The number of hydrogen-bond donors (Lipinski definition) is 2. The van der Waals surface area contributed by atoms with Crippen LogP contribution < -0.4 is 14.8 Å². The van der Waals surface area contributed by atoms with Crippen LogP contribution in [0.25, 0.3) is 11.3 Å². The lowest BCUT2D eigenvalue weighted by Crippen LogP contribution is -2.12. The molecule has 7 nitrogen and oxygen atoms in total. The first-order valence-electron chi connectivity index (χ1n) is 8.16. The van der Waals surface area contributed by atoms with Crippen LogP contribution in [0.5, 0.6) is 11.5 Å². The molecule has 0 fully saturated rings. The van der Waals surface area contributed by atoms with Crippen molar-refractivity contribution in [1.29, 1.82) is 0 Å². The number of ether oxygens (including phenoxy) is 2. The SMILES string of the molecule is COc1ccc(CCC(=O)Nc2cc(-c3ccncc3)[nH]n2)cc1OC. The van der Waals surface area contributed by atoms with E-state index in [1.54, 1.807) is 32.7 Å². The Balaban J connectivity index is 1.57. The number of aryl methyl sites for hydroxylation is 1. The Morgan fingerprint density at radius 1 is 1.08 bits per heavy atom. The zero-order chi connectivity index (χ0) is 18.4. The molecule has 0 spiro atoms. The summed E-state index contributed by atoms with van der Waals surface area (Å²) in [5, 5.41) is 9.83. The maximum Gasteiger partial charge on any atom is 0.225 e. The van der Waals surface area contributed by atoms with Gasteiger partial charge in [0, 0.05) is 30.4 Å². The maximum absolute atomic E-state index is 12.2. The third-order valence-corrected chi connectivity index (χ3v) is 3.93. The van der Waals surface area contributed by atoms with Crippen molar-refractivity contribution < 1.29 is 14.3 Å². The summed E-state index contributed by atoms with van der Waals surface area (Å²) >= 11 is 0. The standard InChI is InChI=1S/C19H20N4O3/c1-25-16-5-3-13(11-17(16)26-2)4-6-19(24)21-18-12-15(22-23-18)14-7-9-20-10-8-14/h3,5,7-12H,4,6H2,1-2H3,(H2,21,22,23,24). The molecular weight excluding hydrogens is 332 g/mol. The summed E-state index contributed by atoms with van der Waals surface area (Å²) in [7, 11) is 3.18. The minimum atomic E-state index is -0.104. The number of methoxy groups -OCH3 is 2. The second kappa shape index (κ2) is 8.15. The third kappa shape index (κ3) is 4.18. The minimum absolute atomic E-state index is 0.104. The normalized spacial score (nSPS) is 10.4. The number of hydrogen-bond acceptors (Lipinski definition) is 5. The number of H-pyrrole nitrogens is 1. The van der Waals surface area contributed by atoms with Gasteiger partial charge in [0.1, 0.15) is 0 Å². The molecule has 1 aromatic carbocycles. The monoisotopic (exact) mass is 352 g/mol. The van der Waals surface area contributed by atoms with Crippen LogP contribution in [-0.2, 0) is 11.2 Å². The van der Waals surface area contributed by atoms with E-state index in [0.29, 0.717) is 30.2 Å². The van der Waals surface area contributed by atoms with Gasteiger partial charge in [0.2, 0.25) is 5.91 Å². The van der Waals surface area contributed by atoms with Crippen LogP contribution in [0.2, 0.25) is 0 Å². The van der Waals surface area contributed by atoms with Crippen molar-refractivity contribution in [2.75, 3.05) is 19.5 Å². The molecule has 2 heterocycles. The fourth-order valence-electron chi connectivity index (χ4n) is 2.56. The molecule has 2 N–H and O–H groups in total. The summed E-state index contributed by atoms with van der Waals surface area (Å²) in [6, 6.07) is 11.2. The molecule has 0 atom stereocenters. The smallest absolute Gasteiger partial charge is 0.225 e. The van der Waals surface area contributed by atoms with Crippen LogP contribution >= 0.6 is 0 Å². The first kappa shape index (κ1) is 17.5. The summed E-state index contributed by atoms with van der Waals surface area (Å²) in [6.07, 6.45) is 4.34. The van der Waals surface area contributed by atoms with Crippen molar-refractivity contribution in [2.45, 2.75) is 12.8 Å². The van der Waals surface area contributed by atoms with Crippen molar-refractivity contribution in [1.82, 2.24) is 15.2 Å². The highest BCUT2D eigenvalue weighted by atomic mass is 16.5. The number of carbonyl (C=O) groups excluding carboxylic acids is 1. The summed E-state index contributed by atoms with van der Waals surface area (Å²) in [4.78, 5) is 16.2. The lowest BCUT2D eigenvalue weighted by atomic mass is 10.1. The lowest BCUT2D eigenvalue weighted by Gasteiger charge is -2.09. The van der Waals surface area contributed by atoms with E-state index in [1.165, 1.54) is 0 Å². The number of nitrogens with zero attached hydrogens (tertiary/aromatic N) is 2. The third-order valence-electron chi connectivity index (χ3n) is 3.93. The minimum Gasteiger partial charge on any atom is -0.493 e. The van der Waals surface area contributed by atoms with Gasteiger partial charge in [-0.25, -0.2) is 0 Å². The van der Waals surface area contributed by atoms with E-state index < -0.39 is 0 Å². The second-order valence-corrected chi connectivity index (χ2v) is 5.64. The van der Waals surface area contributed by atoms with E-state index in [0.717, 1.165) is 16.8 Å². The van der Waals surface area contributed by atoms with Crippen molar-refractivity contribution in [3.05, 3.63) is 54.4 Å². The molecule has 0 aliphatic rings. The Hall–Kier alpha value is -3.35. The van der Waals surface area contributed by atoms with Crippen LogP contribution in [0, 0.1) is 0 Å². The number of aromatic amines is 1. The molecule has 1 amide bonds. The highest BCUT2D eigenvalue weighted by molar-refractivity contribution is 5.90. The zero-order valence-electron chi connectivity index (χ0n) is 14.7. The summed E-state index contributed by atoms with van der Waals surface area (Å²) in [6.45, 7) is 0. The average molecular weight is 352 g/mol. The number of nitrogens with one attached hydrogen (secondary N) is 2. The Morgan fingerprint density at radius 3 is 2.58 bits per heavy atom. The fraction of sp³-hybridized carbons (Fsp3) is 0.211.